The smallest absolute Gasteiger partial charge is 0.353 e. The number of carbonyl (C=O) groups is 2. The zero-order chi connectivity index (χ0) is 13.9. The zero-order valence-electron chi connectivity index (χ0n) is 9.89. The van der Waals surface area contributed by atoms with Gasteiger partial charge in [0.1, 0.15) is 11.1 Å². The quantitative estimate of drug-likeness (QED) is 0.674. The van der Waals surface area contributed by atoms with Crippen LogP contribution in [0.2, 0.25) is 0 Å². The molecule has 6 nitrogen and oxygen atoms in total. The summed E-state index contributed by atoms with van der Waals surface area (Å²) in [6.07, 6.45) is 5.48. The molecule has 2 aliphatic heterocycles. The van der Waals surface area contributed by atoms with E-state index in [-0.39, 0.29) is 17.0 Å². The van der Waals surface area contributed by atoms with Gasteiger partial charge in [0.15, 0.2) is 4.96 Å². The highest BCUT2D eigenvalue weighted by Crippen LogP contribution is 2.44. The maximum absolute atomic E-state index is 12.0. The van der Waals surface area contributed by atoms with Crippen LogP contribution in [-0.2, 0) is 9.59 Å². The topological polar surface area (TPSA) is 74.9 Å². The largest absolute Gasteiger partial charge is 0.477 e. The lowest BCUT2D eigenvalue weighted by Gasteiger charge is -2.36. The van der Waals surface area contributed by atoms with Crippen LogP contribution >= 0.6 is 23.1 Å². The molecule has 1 unspecified atom stereocenters. The predicted octanol–water partition coefficient (Wildman–Crippen LogP) is 1.62. The van der Waals surface area contributed by atoms with Crippen molar-refractivity contribution in [3.63, 3.8) is 0 Å². The van der Waals surface area contributed by atoms with Gasteiger partial charge in [0.25, 0.3) is 5.91 Å². The summed E-state index contributed by atoms with van der Waals surface area (Å²) in [7, 11) is 0. The van der Waals surface area contributed by atoms with Gasteiger partial charge in [0, 0.05) is 23.2 Å². The number of rotatable bonds is 2. The number of imidazole rings is 1. The van der Waals surface area contributed by atoms with Crippen LogP contribution in [0.1, 0.15) is 5.69 Å². The minimum absolute atomic E-state index is 0.0490. The summed E-state index contributed by atoms with van der Waals surface area (Å²) in [5.74, 6) is -1.33. The standard InChI is InChI=1S/C12H7N3O3S2/c16-9-7(10-15(9)8(5-20-10)11(17)18)3-6-4-14-1-2-19-12(14)13-6/h1-5,10H,(H,17,18)/b7-3-. The van der Waals surface area contributed by atoms with Crippen LogP contribution < -0.4 is 0 Å². The molecule has 1 fully saturated rings. The second-order valence-corrected chi connectivity index (χ2v) is 6.16. The number of thiazole rings is 1. The lowest BCUT2D eigenvalue weighted by molar-refractivity contribution is -0.141. The molecule has 2 aromatic heterocycles. The first-order valence-electron chi connectivity index (χ1n) is 5.71. The molecular formula is C12H7N3O3S2. The number of thioether (sulfide) groups is 1. The van der Waals surface area contributed by atoms with Gasteiger partial charge in [0.05, 0.1) is 11.3 Å². The van der Waals surface area contributed by atoms with Crippen LogP contribution in [0.4, 0.5) is 0 Å². The fourth-order valence-corrected chi connectivity index (χ4v) is 4.07. The highest BCUT2D eigenvalue weighted by atomic mass is 32.2. The molecule has 4 rings (SSSR count). The minimum Gasteiger partial charge on any atom is -0.477 e. The van der Waals surface area contributed by atoms with Gasteiger partial charge in [-0.2, -0.15) is 0 Å². The molecule has 100 valence electrons. The summed E-state index contributed by atoms with van der Waals surface area (Å²) in [5, 5.41) is 12.2. The molecule has 8 heteroatoms. The molecule has 1 amide bonds. The van der Waals surface area contributed by atoms with E-state index < -0.39 is 5.97 Å². The van der Waals surface area contributed by atoms with E-state index in [0.717, 1.165) is 4.96 Å². The van der Waals surface area contributed by atoms with E-state index in [2.05, 4.69) is 4.98 Å². The third kappa shape index (κ3) is 1.49. The molecule has 0 radical (unpaired) electrons. The molecule has 0 aliphatic carbocycles. The Morgan fingerprint density at radius 1 is 1.50 bits per heavy atom. The van der Waals surface area contributed by atoms with Crippen LogP contribution in [0.3, 0.4) is 0 Å². The van der Waals surface area contributed by atoms with E-state index in [4.69, 9.17) is 5.11 Å². The molecule has 1 atom stereocenters. The predicted molar refractivity (Wildman–Crippen MR) is 75.0 cm³/mol. The molecule has 0 aromatic carbocycles. The fraction of sp³-hybridized carbons (Fsp3) is 0.0833. The minimum atomic E-state index is -1.07. The Hall–Kier alpha value is -2.06. The van der Waals surface area contributed by atoms with Crippen molar-refractivity contribution in [1.82, 2.24) is 14.3 Å². The number of hydrogen-bond acceptors (Lipinski definition) is 5. The average molecular weight is 305 g/mol. The van der Waals surface area contributed by atoms with Gasteiger partial charge in [-0.15, -0.1) is 23.1 Å². The number of carboxylic acids is 1. The first-order chi connectivity index (χ1) is 9.65. The number of amides is 1. The van der Waals surface area contributed by atoms with Crippen LogP contribution in [0.5, 0.6) is 0 Å². The molecule has 1 N–H and O–H groups in total. The Labute approximate surface area is 121 Å². The summed E-state index contributed by atoms with van der Waals surface area (Å²) >= 11 is 2.85. The number of carboxylic acid groups (broad SMARTS) is 1. The number of β-lactam (4-membered cyclic amide) rings is 1. The van der Waals surface area contributed by atoms with Gasteiger partial charge in [-0.3, -0.25) is 14.1 Å². The number of nitrogens with zero attached hydrogens (tertiary/aromatic N) is 3. The van der Waals surface area contributed by atoms with Gasteiger partial charge in [-0.1, -0.05) is 0 Å². The normalized spacial score (nSPS) is 23.1. The molecule has 0 saturated carbocycles. The van der Waals surface area contributed by atoms with Crippen molar-refractivity contribution in [2.24, 2.45) is 0 Å². The first-order valence-corrected chi connectivity index (χ1v) is 7.53. The van der Waals surface area contributed by atoms with Crippen molar-refractivity contribution in [3.05, 3.63) is 40.1 Å². The lowest BCUT2D eigenvalue weighted by Crippen LogP contribution is -2.51. The molecule has 4 heterocycles. The maximum atomic E-state index is 12.0. The zero-order valence-corrected chi connectivity index (χ0v) is 11.5. The van der Waals surface area contributed by atoms with Crippen molar-refractivity contribution in [2.75, 3.05) is 0 Å². The third-order valence-corrected chi connectivity index (χ3v) is 5.02. The number of aliphatic carboxylic acids is 1. The SMILES string of the molecule is O=C(O)C1=CSC2/C(=C\c3cn4ccsc4n3)C(=O)N12. The Morgan fingerprint density at radius 3 is 3.10 bits per heavy atom. The molecule has 0 spiro atoms. The van der Waals surface area contributed by atoms with Gasteiger partial charge < -0.3 is 5.11 Å². The third-order valence-electron chi connectivity index (χ3n) is 3.17. The number of aromatic nitrogens is 2. The van der Waals surface area contributed by atoms with Crippen LogP contribution in [0.15, 0.2) is 34.5 Å². The molecule has 0 bridgehead atoms. The van der Waals surface area contributed by atoms with Crippen LogP contribution in [-0.4, -0.2) is 36.6 Å². The Bertz CT molecular complexity index is 788. The van der Waals surface area contributed by atoms with E-state index in [1.165, 1.54) is 33.4 Å². The van der Waals surface area contributed by atoms with Crippen molar-refractivity contribution < 1.29 is 14.7 Å². The molecule has 20 heavy (non-hydrogen) atoms. The summed E-state index contributed by atoms with van der Waals surface area (Å²) in [4.78, 5) is 29.6. The fourth-order valence-electron chi connectivity index (χ4n) is 2.24. The second kappa shape index (κ2) is 3.97. The van der Waals surface area contributed by atoms with E-state index >= 15 is 0 Å². The highest BCUT2D eigenvalue weighted by Gasteiger charge is 2.49. The van der Waals surface area contributed by atoms with Crippen molar-refractivity contribution in [1.29, 1.82) is 0 Å². The number of carbonyl (C=O) groups excluding carboxylic acids is 1. The lowest BCUT2D eigenvalue weighted by atomic mass is 10.0. The number of hydrogen-bond donors (Lipinski definition) is 1. The highest BCUT2D eigenvalue weighted by molar-refractivity contribution is 8.03. The van der Waals surface area contributed by atoms with Crippen molar-refractivity contribution >= 4 is 46.0 Å². The first kappa shape index (κ1) is 11.7. The Kier molecular flexibility index (Phi) is 2.33. The molecule has 2 aliphatic rings. The van der Waals surface area contributed by atoms with E-state index in [1.807, 2.05) is 22.2 Å². The second-order valence-electron chi connectivity index (χ2n) is 4.33. The van der Waals surface area contributed by atoms with Gasteiger partial charge in [-0.25, -0.2) is 9.78 Å². The maximum Gasteiger partial charge on any atom is 0.353 e. The van der Waals surface area contributed by atoms with Gasteiger partial charge >= 0.3 is 5.97 Å². The summed E-state index contributed by atoms with van der Waals surface area (Å²) in [5.41, 5.74) is 1.35. The van der Waals surface area contributed by atoms with Crippen LogP contribution in [0.25, 0.3) is 11.0 Å². The van der Waals surface area contributed by atoms with E-state index in [9.17, 15) is 9.59 Å². The summed E-state index contributed by atoms with van der Waals surface area (Å²) < 4.78 is 1.89. The van der Waals surface area contributed by atoms with E-state index in [1.54, 1.807) is 6.08 Å². The molecule has 2 aromatic rings. The van der Waals surface area contributed by atoms with Gasteiger partial charge in [-0.05, 0) is 6.08 Å². The Morgan fingerprint density at radius 2 is 2.35 bits per heavy atom. The summed E-state index contributed by atoms with van der Waals surface area (Å²) in [6, 6.07) is 0. The van der Waals surface area contributed by atoms with Crippen molar-refractivity contribution in [2.45, 2.75) is 5.37 Å². The molecule has 1 saturated heterocycles. The van der Waals surface area contributed by atoms with Crippen molar-refractivity contribution in [3.8, 4) is 0 Å². The Balaban J connectivity index is 1.65. The van der Waals surface area contributed by atoms with Gasteiger partial charge in [0.2, 0.25) is 0 Å². The average Bonchev–Trinajstić information content (AvgIpc) is 3.07. The monoisotopic (exact) mass is 305 g/mol. The van der Waals surface area contributed by atoms with Crippen LogP contribution in [0, 0.1) is 0 Å². The van der Waals surface area contributed by atoms with E-state index in [0.29, 0.717) is 11.3 Å². The number of fused-ring (bicyclic) bond motifs is 2. The summed E-state index contributed by atoms with van der Waals surface area (Å²) in [6.45, 7) is 0. The molecular weight excluding hydrogens is 298 g/mol.